The molecule has 0 bridgehead atoms. The molecule has 67 valence electrons. The Bertz CT molecular complexity index is 310. The predicted molar refractivity (Wildman–Crippen MR) is 47.5 cm³/mol. The summed E-state index contributed by atoms with van der Waals surface area (Å²) in [5.74, 6) is 0. The van der Waals surface area contributed by atoms with Crippen LogP contribution in [0.2, 0.25) is 0 Å². The van der Waals surface area contributed by atoms with Gasteiger partial charge in [-0.2, -0.15) is 0 Å². The summed E-state index contributed by atoms with van der Waals surface area (Å²) in [6.45, 7) is 0. The molecular formula is C10H8N2Tb. The number of hydrogen-bond donors (Lipinski definition) is 0. The molecule has 2 nitrogen and oxygen atoms in total. The van der Waals surface area contributed by atoms with E-state index < -0.39 is 0 Å². The molecule has 0 aliphatic heterocycles. The van der Waals surface area contributed by atoms with E-state index in [9.17, 15) is 0 Å². The molecule has 0 aromatic carbocycles. The van der Waals surface area contributed by atoms with E-state index in [0.29, 0.717) is 0 Å². The van der Waals surface area contributed by atoms with Crippen molar-refractivity contribution in [3.63, 3.8) is 0 Å². The van der Waals surface area contributed by atoms with Gasteiger partial charge < -0.3 is 0 Å². The normalized spacial score (nSPS) is 8.92. The second-order valence-electron chi connectivity index (χ2n) is 2.43. The molecule has 2 aromatic heterocycles. The standard InChI is InChI=1S/C10H8N2.Tb/c1-3-7-11-9(5-1)10-6-2-4-8-12-10;/h1-8H;. The van der Waals surface area contributed by atoms with Crippen molar-refractivity contribution in [2.24, 2.45) is 0 Å². The van der Waals surface area contributed by atoms with Gasteiger partial charge in [0.25, 0.3) is 0 Å². The van der Waals surface area contributed by atoms with Gasteiger partial charge in [-0.05, 0) is 24.3 Å². The van der Waals surface area contributed by atoms with Crippen molar-refractivity contribution in [3.8, 4) is 11.4 Å². The zero-order chi connectivity index (χ0) is 8.23. The molecule has 0 aliphatic carbocycles. The van der Waals surface area contributed by atoms with Crippen LogP contribution in [0.5, 0.6) is 0 Å². The zero-order valence-electron chi connectivity index (χ0n) is 6.85. The molecule has 2 heterocycles. The van der Waals surface area contributed by atoms with Crippen LogP contribution in [0.3, 0.4) is 0 Å². The van der Waals surface area contributed by atoms with Gasteiger partial charge in [0, 0.05) is 51.0 Å². The quantitative estimate of drug-likeness (QED) is 0.806. The smallest absolute Gasteiger partial charge is 0.0886 e. The Morgan fingerprint density at radius 3 is 1.46 bits per heavy atom. The Labute approximate surface area is 108 Å². The molecule has 0 atom stereocenters. The minimum absolute atomic E-state index is 0. The Balaban J connectivity index is 0.000000845. The maximum absolute atomic E-state index is 4.19. The van der Waals surface area contributed by atoms with Crippen molar-refractivity contribution in [1.82, 2.24) is 9.97 Å². The van der Waals surface area contributed by atoms with Crippen LogP contribution in [0.15, 0.2) is 48.8 Å². The van der Waals surface area contributed by atoms with Crippen LogP contribution in [0.4, 0.5) is 0 Å². The average molecular weight is 315 g/mol. The fraction of sp³-hybridized carbons (Fsp3) is 0. The van der Waals surface area contributed by atoms with Crippen LogP contribution in [-0.2, 0) is 0 Å². The summed E-state index contributed by atoms with van der Waals surface area (Å²) in [7, 11) is 0. The van der Waals surface area contributed by atoms with Crippen LogP contribution in [0, 0.1) is 38.6 Å². The third-order valence-corrected chi connectivity index (χ3v) is 1.59. The van der Waals surface area contributed by atoms with Crippen molar-refractivity contribution in [3.05, 3.63) is 48.8 Å². The topological polar surface area (TPSA) is 25.8 Å². The van der Waals surface area contributed by atoms with Gasteiger partial charge in [0.2, 0.25) is 0 Å². The van der Waals surface area contributed by atoms with Crippen molar-refractivity contribution >= 4 is 0 Å². The summed E-state index contributed by atoms with van der Waals surface area (Å²) in [5.41, 5.74) is 1.83. The molecule has 0 unspecified atom stereocenters. The number of rotatable bonds is 1. The van der Waals surface area contributed by atoms with Gasteiger partial charge in [-0.25, -0.2) is 0 Å². The molecule has 0 saturated carbocycles. The largest absolute Gasteiger partial charge is 0.255 e. The molecule has 3 heteroatoms. The summed E-state index contributed by atoms with van der Waals surface area (Å²) in [6.07, 6.45) is 3.54. The first-order valence-electron chi connectivity index (χ1n) is 3.79. The Hall–Kier alpha value is -0.414. The molecule has 0 aliphatic rings. The molecule has 2 rings (SSSR count). The van der Waals surface area contributed by atoms with E-state index in [2.05, 4.69) is 9.97 Å². The van der Waals surface area contributed by atoms with Gasteiger partial charge in [0.15, 0.2) is 0 Å². The number of aromatic nitrogens is 2. The fourth-order valence-electron chi connectivity index (χ4n) is 1.03. The fourth-order valence-corrected chi connectivity index (χ4v) is 1.03. The number of hydrogen-bond acceptors (Lipinski definition) is 2. The molecule has 0 fully saturated rings. The first-order chi connectivity index (χ1) is 5.97. The molecule has 0 amide bonds. The van der Waals surface area contributed by atoms with Crippen LogP contribution < -0.4 is 0 Å². The van der Waals surface area contributed by atoms with Gasteiger partial charge in [-0.1, -0.05) is 12.1 Å². The third-order valence-electron chi connectivity index (χ3n) is 1.59. The molecular weight excluding hydrogens is 307 g/mol. The SMILES string of the molecule is [Tb].c1ccc(-c2ccccn2)nc1. The van der Waals surface area contributed by atoms with E-state index >= 15 is 0 Å². The van der Waals surface area contributed by atoms with Gasteiger partial charge in [-0.15, -0.1) is 0 Å². The first kappa shape index (κ1) is 10.7. The average Bonchev–Trinajstić information content (AvgIpc) is 2.21. The van der Waals surface area contributed by atoms with E-state index in [-0.39, 0.29) is 38.6 Å². The number of pyridine rings is 2. The summed E-state index contributed by atoms with van der Waals surface area (Å²) < 4.78 is 0. The maximum atomic E-state index is 4.19. The molecule has 0 N–H and O–H groups in total. The Kier molecular flexibility index (Phi) is 4.38. The van der Waals surface area contributed by atoms with Gasteiger partial charge in [-0.3, -0.25) is 9.97 Å². The summed E-state index contributed by atoms with van der Waals surface area (Å²) >= 11 is 0. The predicted octanol–water partition coefficient (Wildman–Crippen LogP) is 2.14. The van der Waals surface area contributed by atoms with Gasteiger partial charge in [0.1, 0.15) is 0 Å². The zero-order valence-corrected chi connectivity index (χ0v) is 8.99. The van der Waals surface area contributed by atoms with Crippen molar-refractivity contribution in [2.45, 2.75) is 0 Å². The molecule has 0 spiro atoms. The van der Waals surface area contributed by atoms with Crippen molar-refractivity contribution < 1.29 is 38.6 Å². The van der Waals surface area contributed by atoms with Crippen molar-refractivity contribution in [1.29, 1.82) is 0 Å². The Morgan fingerprint density at radius 1 is 0.692 bits per heavy atom. The minimum atomic E-state index is 0. The van der Waals surface area contributed by atoms with Gasteiger partial charge >= 0.3 is 0 Å². The van der Waals surface area contributed by atoms with Crippen LogP contribution in [0.25, 0.3) is 11.4 Å². The monoisotopic (exact) mass is 315 g/mol. The molecule has 0 saturated heterocycles. The summed E-state index contributed by atoms with van der Waals surface area (Å²) in [4.78, 5) is 8.37. The van der Waals surface area contributed by atoms with E-state index in [1.54, 1.807) is 12.4 Å². The summed E-state index contributed by atoms with van der Waals surface area (Å²) in [5, 5.41) is 0. The van der Waals surface area contributed by atoms with Crippen molar-refractivity contribution in [2.75, 3.05) is 0 Å². The minimum Gasteiger partial charge on any atom is -0.255 e. The first-order valence-corrected chi connectivity index (χ1v) is 3.79. The maximum Gasteiger partial charge on any atom is 0.0886 e. The van der Waals surface area contributed by atoms with E-state index in [1.807, 2.05) is 36.4 Å². The Morgan fingerprint density at radius 2 is 1.15 bits per heavy atom. The number of nitrogens with zero attached hydrogens (tertiary/aromatic N) is 2. The van der Waals surface area contributed by atoms with Crippen LogP contribution in [0.1, 0.15) is 0 Å². The van der Waals surface area contributed by atoms with Crippen LogP contribution in [-0.4, -0.2) is 9.97 Å². The molecule has 2 aromatic rings. The third kappa shape index (κ3) is 2.78. The van der Waals surface area contributed by atoms with Crippen LogP contribution >= 0.6 is 0 Å². The summed E-state index contributed by atoms with van der Waals surface area (Å²) in [6, 6.07) is 11.6. The van der Waals surface area contributed by atoms with E-state index in [0.717, 1.165) is 11.4 Å². The van der Waals surface area contributed by atoms with E-state index in [4.69, 9.17) is 0 Å². The van der Waals surface area contributed by atoms with Gasteiger partial charge in [0.05, 0.1) is 11.4 Å². The second kappa shape index (κ2) is 5.34. The van der Waals surface area contributed by atoms with E-state index in [1.165, 1.54) is 0 Å². The second-order valence-corrected chi connectivity index (χ2v) is 2.43. The molecule has 13 heavy (non-hydrogen) atoms. The molecule has 1 radical (unpaired) electrons.